The number of rotatable bonds is 0. The first-order chi connectivity index (χ1) is 5.48. The smallest absolute Gasteiger partial charge is 0.184 e. The van der Waals surface area contributed by atoms with Gasteiger partial charge in [0.2, 0.25) is 0 Å². The van der Waals surface area contributed by atoms with E-state index >= 15 is 0 Å². The number of ether oxygens (including phenoxy) is 2. The Morgan fingerprint density at radius 1 is 1.25 bits per heavy atom. The fourth-order valence-electron chi connectivity index (χ4n) is 1.79. The van der Waals surface area contributed by atoms with Gasteiger partial charge in [-0.1, -0.05) is 20.8 Å². The van der Waals surface area contributed by atoms with Crippen LogP contribution >= 0.6 is 0 Å². The highest BCUT2D eigenvalue weighted by Gasteiger charge is 2.52. The van der Waals surface area contributed by atoms with Crippen LogP contribution in [0.2, 0.25) is 0 Å². The zero-order valence-corrected chi connectivity index (χ0v) is 7.78. The molecule has 2 saturated heterocycles. The molecule has 2 heterocycles. The van der Waals surface area contributed by atoms with Gasteiger partial charge in [0.25, 0.3) is 0 Å². The van der Waals surface area contributed by atoms with Crippen LogP contribution < -0.4 is 0 Å². The van der Waals surface area contributed by atoms with Crippen LogP contribution in [0.4, 0.5) is 0 Å². The molecule has 2 fully saturated rings. The maximum atomic E-state index is 9.70. The standard InChI is InChI=1S/C9H16O3/c1-9(2,3)7-5(10)4-6-8(11-6)12-7/h5-8,10H,4H2,1-3H3/t5-,6+,7+,8?/m0/s1. The molecule has 0 amide bonds. The van der Waals surface area contributed by atoms with E-state index in [2.05, 4.69) is 20.8 Å². The molecule has 0 aromatic rings. The summed E-state index contributed by atoms with van der Waals surface area (Å²) in [7, 11) is 0. The summed E-state index contributed by atoms with van der Waals surface area (Å²) >= 11 is 0. The summed E-state index contributed by atoms with van der Waals surface area (Å²) in [5.74, 6) is 0. The second-order valence-corrected chi connectivity index (χ2v) is 4.77. The van der Waals surface area contributed by atoms with Gasteiger partial charge in [0, 0.05) is 6.42 Å². The Morgan fingerprint density at radius 3 is 2.50 bits per heavy atom. The summed E-state index contributed by atoms with van der Waals surface area (Å²) in [5.41, 5.74) is -0.00363. The molecule has 0 aromatic carbocycles. The van der Waals surface area contributed by atoms with Gasteiger partial charge in [0.15, 0.2) is 6.29 Å². The molecule has 1 unspecified atom stereocenters. The molecule has 0 radical (unpaired) electrons. The number of hydrogen-bond donors (Lipinski definition) is 1. The van der Waals surface area contributed by atoms with Gasteiger partial charge < -0.3 is 14.6 Å². The van der Waals surface area contributed by atoms with Gasteiger partial charge in [0.05, 0.1) is 12.2 Å². The summed E-state index contributed by atoms with van der Waals surface area (Å²) in [6.07, 6.45) is 0.415. The van der Waals surface area contributed by atoms with Gasteiger partial charge in [-0.15, -0.1) is 0 Å². The molecule has 70 valence electrons. The number of epoxide rings is 1. The topological polar surface area (TPSA) is 42.0 Å². The SMILES string of the molecule is CC(C)(C)[C@@H]1OC2O[C@@H]2C[C@@H]1O. The molecule has 2 rings (SSSR count). The Balaban J connectivity index is 2.04. The molecular weight excluding hydrogens is 156 g/mol. The van der Waals surface area contributed by atoms with Crippen LogP contribution in [0.5, 0.6) is 0 Å². The van der Waals surface area contributed by atoms with Crippen LogP contribution in [0.3, 0.4) is 0 Å². The van der Waals surface area contributed by atoms with Gasteiger partial charge in [0.1, 0.15) is 6.10 Å². The molecule has 0 saturated carbocycles. The second-order valence-electron chi connectivity index (χ2n) is 4.77. The van der Waals surface area contributed by atoms with E-state index in [1.54, 1.807) is 0 Å². The van der Waals surface area contributed by atoms with E-state index in [4.69, 9.17) is 9.47 Å². The quantitative estimate of drug-likeness (QED) is 0.552. The van der Waals surface area contributed by atoms with Crippen LogP contribution in [0.25, 0.3) is 0 Å². The van der Waals surface area contributed by atoms with Crippen molar-refractivity contribution >= 4 is 0 Å². The van der Waals surface area contributed by atoms with Crippen molar-refractivity contribution in [1.82, 2.24) is 0 Å². The van der Waals surface area contributed by atoms with Crippen molar-refractivity contribution in [2.75, 3.05) is 0 Å². The average molecular weight is 172 g/mol. The summed E-state index contributed by atoms with van der Waals surface area (Å²) in [5, 5.41) is 9.70. The van der Waals surface area contributed by atoms with Crippen molar-refractivity contribution in [3.05, 3.63) is 0 Å². The lowest BCUT2D eigenvalue weighted by molar-refractivity contribution is -0.132. The lowest BCUT2D eigenvalue weighted by Crippen LogP contribution is -2.44. The molecule has 1 N–H and O–H groups in total. The summed E-state index contributed by atoms with van der Waals surface area (Å²) in [4.78, 5) is 0. The zero-order valence-electron chi connectivity index (χ0n) is 7.78. The third-order valence-corrected chi connectivity index (χ3v) is 2.49. The normalized spacial score (nSPS) is 47.0. The third kappa shape index (κ3) is 1.37. The first-order valence-corrected chi connectivity index (χ1v) is 4.47. The molecule has 2 aliphatic heterocycles. The fourth-order valence-corrected chi connectivity index (χ4v) is 1.79. The Morgan fingerprint density at radius 2 is 1.92 bits per heavy atom. The fraction of sp³-hybridized carbons (Fsp3) is 1.00. The van der Waals surface area contributed by atoms with E-state index in [1.165, 1.54) is 0 Å². The maximum Gasteiger partial charge on any atom is 0.184 e. The molecule has 3 heteroatoms. The van der Waals surface area contributed by atoms with Crippen molar-refractivity contribution < 1.29 is 14.6 Å². The number of hydrogen-bond acceptors (Lipinski definition) is 3. The lowest BCUT2D eigenvalue weighted by atomic mass is 9.83. The lowest BCUT2D eigenvalue weighted by Gasteiger charge is -2.35. The molecule has 12 heavy (non-hydrogen) atoms. The molecule has 0 aliphatic carbocycles. The van der Waals surface area contributed by atoms with Crippen molar-refractivity contribution in [2.45, 2.75) is 51.8 Å². The first kappa shape index (κ1) is 8.48. The van der Waals surface area contributed by atoms with Crippen molar-refractivity contribution in [1.29, 1.82) is 0 Å². The zero-order chi connectivity index (χ0) is 8.93. The Bertz CT molecular complexity index is 185. The highest BCUT2D eigenvalue weighted by molar-refractivity contribution is 4.94. The van der Waals surface area contributed by atoms with Gasteiger partial charge in [-0.3, -0.25) is 0 Å². The van der Waals surface area contributed by atoms with Crippen molar-refractivity contribution in [3.63, 3.8) is 0 Å². The van der Waals surface area contributed by atoms with Crippen LogP contribution in [-0.4, -0.2) is 29.7 Å². The van der Waals surface area contributed by atoms with Gasteiger partial charge >= 0.3 is 0 Å². The van der Waals surface area contributed by atoms with E-state index < -0.39 is 0 Å². The number of aliphatic hydroxyl groups excluding tert-OH is 1. The van der Waals surface area contributed by atoms with E-state index in [1.807, 2.05) is 0 Å². The largest absolute Gasteiger partial charge is 0.390 e. The van der Waals surface area contributed by atoms with Gasteiger partial charge in [-0.2, -0.15) is 0 Å². The maximum absolute atomic E-state index is 9.70. The van der Waals surface area contributed by atoms with E-state index in [0.717, 1.165) is 6.42 Å². The summed E-state index contributed by atoms with van der Waals surface area (Å²) in [6, 6.07) is 0. The molecule has 0 bridgehead atoms. The van der Waals surface area contributed by atoms with Crippen LogP contribution in [0.15, 0.2) is 0 Å². The highest BCUT2D eigenvalue weighted by atomic mass is 16.8. The van der Waals surface area contributed by atoms with Gasteiger partial charge in [-0.05, 0) is 5.41 Å². The minimum absolute atomic E-state index is 0.00363. The van der Waals surface area contributed by atoms with Crippen LogP contribution in [0.1, 0.15) is 27.2 Å². The van der Waals surface area contributed by atoms with Crippen molar-refractivity contribution in [2.24, 2.45) is 5.41 Å². The van der Waals surface area contributed by atoms with Gasteiger partial charge in [-0.25, -0.2) is 0 Å². The van der Waals surface area contributed by atoms with Crippen LogP contribution in [-0.2, 0) is 9.47 Å². The predicted octanol–water partition coefficient (Wildman–Crippen LogP) is 0.907. The minimum atomic E-state index is -0.367. The molecular formula is C9H16O3. The Labute approximate surface area is 72.7 Å². The molecule has 2 aliphatic rings. The first-order valence-electron chi connectivity index (χ1n) is 4.47. The Kier molecular flexibility index (Phi) is 1.72. The number of fused-ring (bicyclic) bond motifs is 1. The molecule has 0 aromatic heterocycles. The molecule has 4 atom stereocenters. The monoisotopic (exact) mass is 172 g/mol. The van der Waals surface area contributed by atoms with Crippen molar-refractivity contribution in [3.8, 4) is 0 Å². The number of aliphatic hydroxyl groups is 1. The molecule has 0 spiro atoms. The Hall–Kier alpha value is -0.120. The summed E-state index contributed by atoms with van der Waals surface area (Å²) in [6.45, 7) is 6.22. The predicted molar refractivity (Wildman–Crippen MR) is 43.6 cm³/mol. The highest BCUT2D eigenvalue weighted by Crippen LogP contribution is 2.40. The van der Waals surface area contributed by atoms with E-state index in [9.17, 15) is 5.11 Å². The second kappa shape index (κ2) is 2.44. The van der Waals surface area contributed by atoms with Crippen LogP contribution in [0, 0.1) is 5.41 Å². The van der Waals surface area contributed by atoms with E-state index in [-0.39, 0.29) is 30.0 Å². The van der Waals surface area contributed by atoms with E-state index in [0.29, 0.717) is 0 Å². The summed E-state index contributed by atoms with van der Waals surface area (Å²) < 4.78 is 10.8. The molecule has 3 nitrogen and oxygen atoms in total. The average Bonchev–Trinajstić information content (AvgIpc) is 2.61. The minimum Gasteiger partial charge on any atom is -0.390 e. The third-order valence-electron chi connectivity index (χ3n) is 2.49.